The van der Waals surface area contributed by atoms with E-state index >= 15 is 0 Å². The fourth-order valence-corrected chi connectivity index (χ4v) is 3.22. The monoisotopic (exact) mass is 278 g/mol. The maximum absolute atomic E-state index is 5.37. The summed E-state index contributed by atoms with van der Waals surface area (Å²) in [6, 6.07) is 4.67. The second-order valence-electron chi connectivity index (χ2n) is 4.59. The van der Waals surface area contributed by atoms with Crippen LogP contribution in [0, 0.1) is 0 Å². The summed E-state index contributed by atoms with van der Waals surface area (Å²) in [5.41, 5.74) is 0. The van der Waals surface area contributed by atoms with Crippen LogP contribution in [0.15, 0.2) is 17.5 Å². The molecule has 0 aromatic carbocycles. The molecule has 1 aliphatic heterocycles. The van der Waals surface area contributed by atoms with Crippen molar-refractivity contribution in [1.29, 1.82) is 0 Å². The van der Waals surface area contributed by atoms with Gasteiger partial charge in [0.1, 0.15) is 12.4 Å². The van der Waals surface area contributed by atoms with Crippen molar-refractivity contribution in [3.8, 4) is 0 Å². The Balaban J connectivity index is 1.67. The Kier molecular flexibility index (Phi) is 3.91. The van der Waals surface area contributed by atoms with Crippen molar-refractivity contribution in [2.75, 3.05) is 6.61 Å². The zero-order chi connectivity index (χ0) is 13.1. The smallest absolute Gasteiger partial charge is 0.159 e. The molecule has 0 spiro atoms. The molecule has 0 saturated heterocycles. The van der Waals surface area contributed by atoms with Gasteiger partial charge in [-0.2, -0.15) is 0 Å². The Hall–Kier alpha value is -1.24. The van der Waals surface area contributed by atoms with Crippen LogP contribution in [-0.2, 0) is 24.4 Å². The number of nitrogens with zero attached hydrogens (tertiary/aromatic N) is 3. The number of rotatable bonds is 5. The van der Waals surface area contributed by atoms with Gasteiger partial charge in [0, 0.05) is 17.5 Å². The van der Waals surface area contributed by atoms with Crippen LogP contribution < -0.4 is 5.32 Å². The second kappa shape index (κ2) is 5.81. The van der Waals surface area contributed by atoms with Gasteiger partial charge in [0.2, 0.25) is 0 Å². The average molecular weight is 278 g/mol. The molecule has 1 unspecified atom stereocenters. The topological polar surface area (TPSA) is 52.0 Å². The first-order chi connectivity index (χ1) is 9.38. The molecule has 0 radical (unpaired) electrons. The number of hydrogen-bond donors (Lipinski definition) is 1. The maximum atomic E-state index is 5.37. The van der Waals surface area contributed by atoms with Crippen LogP contribution in [0.2, 0.25) is 0 Å². The molecule has 1 N–H and O–H groups in total. The standard InChI is InChI=1S/C13H18N4OS/c1-2-10(11-4-3-7-19-11)14-8-12-15-16-13-9-18-6-5-17(12)13/h3-4,7,10,14H,2,5-6,8-9H2,1H3. The molecule has 19 heavy (non-hydrogen) atoms. The van der Waals surface area contributed by atoms with E-state index < -0.39 is 0 Å². The minimum absolute atomic E-state index is 0.396. The van der Waals surface area contributed by atoms with Gasteiger partial charge < -0.3 is 14.6 Å². The molecule has 1 aliphatic rings. The summed E-state index contributed by atoms with van der Waals surface area (Å²) in [4.78, 5) is 1.38. The summed E-state index contributed by atoms with van der Waals surface area (Å²) < 4.78 is 7.54. The Bertz CT molecular complexity index is 523. The van der Waals surface area contributed by atoms with E-state index in [4.69, 9.17) is 4.74 Å². The fraction of sp³-hybridized carbons (Fsp3) is 0.538. The molecule has 5 nitrogen and oxygen atoms in total. The molecular formula is C13H18N4OS. The Morgan fingerprint density at radius 2 is 2.47 bits per heavy atom. The molecule has 1 atom stereocenters. The Morgan fingerprint density at radius 1 is 1.53 bits per heavy atom. The van der Waals surface area contributed by atoms with Crippen molar-refractivity contribution in [1.82, 2.24) is 20.1 Å². The van der Waals surface area contributed by atoms with E-state index in [2.05, 4.69) is 44.5 Å². The van der Waals surface area contributed by atoms with E-state index in [1.165, 1.54) is 4.88 Å². The zero-order valence-corrected chi connectivity index (χ0v) is 11.8. The highest BCUT2D eigenvalue weighted by Crippen LogP contribution is 2.22. The van der Waals surface area contributed by atoms with E-state index in [1.54, 1.807) is 11.3 Å². The van der Waals surface area contributed by atoms with Gasteiger partial charge in [0.05, 0.1) is 13.2 Å². The molecular weight excluding hydrogens is 260 g/mol. The van der Waals surface area contributed by atoms with Crippen molar-refractivity contribution < 1.29 is 4.74 Å². The van der Waals surface area contributed by atoms with Crippen LogP contribution in [0.1, 0.15) is 35.9 Å². The summed E-state index contributed by atoms with van der Waals surface area (Å²) in [5, 5.41) is 14.1. The predicted octanol–water partition coefficient (Wildman–Crippen LogP) is 2.11. The van der Waals surface area contributed by atoms with Gasteiger partial charge in [0.25, 0.3) is 0 Å². The predicted molar refractivity (Wildman–Crippen MR) is 73.9 cm³/mol. The molecule has 3 heterocycles. The number of nitrogens with one attached hydrogen (secondary N) is 1. The summed E-state index contributed by atoms with van der Waals surface area (Å²) in [5.74, 6) is 1.94. The first-order valence-electron chi connectivity index (χ1n) is 6.64. The number of ether oxygens (including phenoxy) is 1. The third-order valence-corrected chi connectivity index (χ3v) is 4.38. The van der Waals surface area contributed by atoms with Crippen LogP contribution in [0.25, 0.3) is 0 Å². The van der Waals surface area contributed by atoms with E-state index in [0.717, 1.165) is 37.8 Å². The average Bonchev–Trinajstić information content (AvgIpc) is 3.09. The molecule has 2 aromatic rings. The Morgan fingerprint density at radius 3 is 3.26 bits per heavy atom. The molecule has 3 rings (SSSR count). The minimum atomic E-state index is 0.396. The first-order valence-corrected chi connectivity index (χ1v) is 7.52. The van der Waals surface area contributed by atoms with Crippen molar-refractivity contribution in [3.63, 3.8) is 0 Å². The van der Waals surface area contributed by atoms with Gasteiger partial charge in [-0.25, -0.2) is 0 Å². The van der Waals surface area contributed by atoms with Crippen molar-refractivity contribution >= 4 is 11.3 Å². The lowest BCUT2D eigenvalue weighted by Gasteiger charge is -2.18. The highest BCUT2D eigenvalue weighted by atomic mass is 32.1. The number of aromatic nitrogens is 3. The van der Waals surface area contributed by atoms with Crippen LogP contribution in [0.3, 0.4) is 0 Å². The van der Waals surface area contributed by atoms with Gasteiger partial charge in [0.15, 0.2) is 5.82 Å². The lowest BCUT2D eigenvalue weighted by Crippen LogP contribution is -2.24. The van der Waals surface area contributed by atoms with Crippen molar-refractivity contribution in [2.45, 2.75) is 39.1 Å². The SMILES string of the molecule is CCC(NCc1nnc2n1CCOC2)c1cccs1. The van der Waals surface area contributed by atoms with Crippen LogP contribution >= 0.6 is 11.3 Å². The largest absolute Gasteiger partial charge is 0.372 e. The van der Waals surface area contributed by atoms with E-state index in [0.29, 0.717) is 12.6 Å². The van der Waals surface area contributed by atoms with E-state index in [-0.39, 0.29) is 0 Å². The molecule has 0 fully saturated rings. The molecule has 102 valence electrons. The normalized spacial score (nSPS) is 16.3. The van der Waals surface area contributed by atoms with Gasteiger partial charge in [-0.1, -0.05) is 13.0 Å². The lowest BCUT2D eigenvalue weighted by atomic mass is 10.2. The highest BCUT2D eigenvalue weighted by molar-refractivity contribution is 7.10. The van der Waals surface area contributed by atoms with Gasteiger partial charge in [-0.05, 0) is 17.9 Å². The summed E-state index contributed by atoms with van der Waals surface area (Å²) in [7, 11) is 0. The third-order valence-electron chi connectivity index (χ3n) is 3.40. The number of thiophene rings is 1. The summed E-state index contributed by atoms with van der Waals surface area (Å²) in [6.45, 7) is 5.14. The first kappa shape index (κ1) is 12.8. The van der Waals surface area contributed by atoms with Crippen LogP contribution in [0.5, 0.6) is 0 Å². The zero-order valence-electron chi connectivity index (χ0n) is 11.0. The van der Waals surface area contributed by atoms with Gasteiger partial charge >= 0.3 is 0 Å². The third kappa shape index (κ3) is 2.70. The number of hydrogen-bond acceptors (Lipinski definition) is 5. The van der Waals surface area contributed by atoms with Gasteiger partial charge in [-0.3, -0.25) is 0 Å². The van der Waals surface area contributed by atoms with E-state index in [1.807, 2.05) is 0 Å². The maximum Gasteiger partial charge on any atom is 0.159 e. The summed E-state index contributed by atoms with van der Waals surface area (Å²) in [6.07, 6.45) is 1.07. The van der Waals surface area contributed by atoms with Crippen LogP contribution in [0.4, 0.5) is 0 Å². The number of fused-ring (bicyclic) bond motifs is 1. The highest BCUT2D eigenvalue weighted by Gasteiger charge is 2.17. The van der Waals surface area contributed by atoms with Crippen molar-refractivity contribution in [2.24, 2.45) is 0 Å². The second-order valence-corrected chi connectivity index (χ2v) is 5.57. The molecule has 0 amide bonds. The quantitative estimate of drug-likeness (QED) is 0.910. The molecule has 0 bridgehead atoms. The molecule has 0 aliphatic carbocycles. The molecule has 0 saturated carbocycles. The Labute approximate surface area is 116 Å². The summed E-state index contributed by atoms with van der Waals surface area (Å²) >= 11 is 1.80. The minimum Gasteiger partial charge on any atom is -0.372 e. The van der Waals surface area contributed by atoms with Crippen molar-refractivity contribution in [3.05, 3.63) is 34.0 Å². The van der Waals surface area contributed by atoms with Gasteiger partial charge in [-0.15, -0.1) is 21.5 Å². The van der Waals surface area contributed by atoms with E-state index in [9.17, 15) is 0 Å². The fourth-order valence-electron chi connectivity index (χ4n) is 2.34. The molecule has 6 heteroatoms. The lowest BCUT2D eigenvalue weighted by molar-refractivity contribution is 0.0804. The molecule has 2 aromatic heterocycles. The van der Waals surface area contributed by atoms with Crippen LogP contribution in [-0.4, -0.2) is 21.4 Å².